The largest absolute Gasteiger partial charge is 0.342 e. The smallest absolute Gasteiger partial charge is 0.251 e. The number of fused-ring (bicyclic) bond motifs is 2. The zero-order valence-corrected chi connectivity index (χ0v) is 19.2. The summed E-state index contributed by atoms with van der Waals surface area (Å²) in [4.78, 5) is 23.5. The van der Waals surface area contributed by atoms with Crippen molar-refractivity contribution in [1.29, 1.82) is 0 Å². The number of nitrogens with one attached hydrogen (secondary N) is 1. The highest BCUT2D eigenvalue weighted by atomic mass is 16.1. The van der Waals surface area contributed by atoms with Crippen LogP contribution in [0.3, 0.4) is 0 Å². The van der Waals surface area contributed by atoms with Crippen LogP contribution >= 0.6 is 0 Å². The molecule has 3 atom stereocenters. The van der Waals surface area contributed by atoms with Crippen LogP contribution in [-0.2, 0) is 11.1 Å². The lowest BCUT2D eigenvalue weighted by atomic mass is 9.71. The number of aromatic nitrogens is 1. The van der Waals surface area contributed by atoms with Crippen molar-refractivity contribution < 1.29 is 4.79 Å². The van der Waals surface area contributed by atoms with E-state index in [1.54, 1.807) is 0 Å². The summed E-state index contributed by atoms with van der Waals surface area (Å²) in [5, 5.41) is 3.45. The molecule has 166 valence electrons. The Morgan fingerprint density at radius 3 is 2.18 bits per heavy atom. The Balaban J connectivity index is 1.65. The van der Waals surface area contributed by atoms with E-state index in [2.05, 4.69) is 60.5 Å². The van der Waals surface area contributed by atoms with Gasteiger partial charge >= 0.3 is 0 Å². The van der Waals surface area contributed by atoms with Crippen molar-refractivity contribution in [2.75, 3.05) is 0 Å². The SMILES string of the molecule is C[C@@]12N=C(c3ccccc3)C(c3ccncc31)[C@@](C)(NC(=O)c1ccccc1)c1ccccc12. The van der Waals surface area contributed by atoms with Crippen LogP contribution in [0.1, 0.15) is 57.9 Å². The Hall–Kier alpha value is -4.05. The number of hydrogen-bond acceptors (Lipinski definition) is 3. The molecule has 3 aromatic carbocycles. The van der Waals surface area contributed by atoms with E-state index in [1.807, 2.05) is 67.0 Å². The highest BCUT2D eigenvalue weighted by Gasteiger charge is 2.54. The van der Waals surface area contributed by atoms with E-state index in [0.29, 0.717) is 5.56 Å². The first-order valence-corrected chi connectivity index (χ1v) is 11.6. The number of aliphatic imine (C=N–C) groups is 1. The van der Waals surface area contributed by atoms with E-state index in [0.717, 1.165) is 33.5 Å². The summed E-state index contributed by atoms with van der Waals surface area (Å²) in [7, 11) is 0. The fourth-order valence-electron chi connectivity index (χ4n) is 5.76. The molecule has 1 aromatic heterocycles. The van der Waals surface area contributed by atoms with Gasteiger partial charge in [0.05, 0.1) is 17.2 Å². The molecule has 0 spiro atoms. The molecule has 0 radical (unpaired) electrons. The molecule has 0 saturated carbocycles. The molecule has 6 rings (SSSR count). The van der Waals surface area contributed by atoms with Gasteiger partial charge in [0, 0.05) is 23.5 Å². The Labute approximate surface area is 199 Å². The highest BCUT2D eigenvalue weighted by molar-refractivity contribution is 6.09. The lowest BCUT2D eigenvalue weighted by molar-refractivity contribution is 0.0900. The van der Waals surface area contributed by atoms with Crippen molar-refractivity contribution in [2.24, 2.45) is 4.99 Å². The predicted molar refractivity (Wildman–Crippen MR) is 134 cm³/mol. The third kappa shape index (κ3) is 2.88. The van der Waals surface area contributed by atoms with Crippen LogP contribution in [0, 0.1) is 0 Å². The van der Waals surface area contributed by atoms with Crippen molar-refractivity contribution in [3.8, 4) is 0 Å². The number of carbonyl (C=O) groups excluding carboxylic acids is 1. The molecule has 4 aromatic rings. The first-order chi connectivity index (χ1) is 16.5. The number of amides is 1. The van der Waals surface area contributed by atoms with Crippen molar-refractivity contribution in [1.82, 2.24) is 10.3 Å². The fraction of sp³-hybridized carbons (Fsp3) is 0.167. The van der Waals surface area contributed by atoms with Gasteiger partial charge < -0.3 is 5.32 Å². The average Bonchev–Trinajstić information content (AvgIpc) is 3.01. The zero-order chi connectivity index (χ0) is 23.3. The topological polar surface area (TPSA) is 54.4 Å². The van der Waals surface area contributed by atoms with Gasteiger partial charge in [-0.25, -0.2) is 0 Å². The number of hydrogen-bond donors (Lipinski definition) is 1. The minimum absolute atomic E-state index is 0.101. The fourth-order valence-corrected chi connectivity index (χ4v) is 5.76. The van der Waals surface area contributed by atoms with Crippen LogP contribution in [0.25, 0.3) is 0 Å². The molecule has 2 bridgehead atoms. The summed E-state index contributed by atoms with van der Waals surface area (Å²) >= 11 is 0. The third-order valence-electron chi connectivity index (χ3n) is 7.37. The molecule has 4 heteroatoms. The zero-order valence-electron chi connectivity index (χ0n) is 19.2. The molecule has 1 N–H and O–H groups in total. The van der Waals surface area contributed by atoms with Crippen LogP contribution in [0.5, 0.6) is 0 Å². The van der Waals surface area contributed by atoms with Crippen molar-refractivity contribution in [3.05, 3.63) is 137 Å². The highest BCUT2D eigenvalue weighted by Crippen LogP contribution is 2.55. The van der Waals surface area contributed by atoms with Gasteiger partial charge in [0.15, 0.2) is 0 Å². The lowest BCUT2D eigenvalue weighted by Gasteiger charge is -2.41. The number of benzene rings is 3. The van der Waals surface area contributed by atoms with E-state index >= 15 is 0 Å². The predicted octanol–water partition coefficient (Wildman–Crippen LogP) is 5.59. The lowest BCUT2D eigenvalue weighted by Crippen LogP contribution is -2.50. The van der Waals surface area contributed by atoms with Gasteiger partial charge in [0.1, 0.15) is 5.54 Å². The molecule has 1 amide bonds. The first kappa shape index (κ1) is 20.5. The van der Waals surface area contributed by atoms with Crippen molar-refractivity contribution >= 4 is 11.6 Å². The van der Waals surface area contributed by atoms with E-state index < -0.39 is 11.1 Å². The van der Waals surface area contributed by atoms with Crippen molar-refractivity contribution in [2.45, 2.75) is 30.8 Å². The van der Waals surface area contributed by atoms with Crippen LogP contribution < -0.4 is 5.32 Å². The maximum Gasteiger partial charge on any atom is 0.251 e. The number of nitrogens with zero attached hydrogens (tertiary/aromatic N) is 2. The molecule has 2 heterocycles. The Morgan fingerprint density at radius 2 is 1.44 bits per heavy atom. The Bertz CT molecular complexity index is 1430. The van der Waals surface area contributed by atoms with E-state index in [4.69, 9.17) is 4.99 Å². The molecular formula is C30H25N3O. The van der Waals surface area contributed by atoms with Crippen LogP contribution in [0.4, 0.5) is 0 Å². The molecule has 0 fully saturated rings. The molecule has 4 nitrogen and oxygen atoms in total. The summed E-state index contributed by atoms with van der Waals surface area (Å²) in [6.07, 6.45) is 3.78. The summed E-state index contributed by atoms with van der Waals surface area (Å²) in [6.45, 7) is 4.30. The van der Waals surface area contributed by atoms with Gasteiger partial charge in [0.25, 0.3) is 5.91 Å². The molecular weight excluding hydrogens is 418 g/mol. The third-order valence-corrected chi connectivity index (χ3v) is 7.37. The van der Waals surface area contributed by atoms with Crippen molar-refractivity contribution in [3.63, 3.8) is 0 Å². The van der Waals surface area contributed by atoms with Crippen LogP contribution in [0.2, 0.25) is 0 Å². The normalized spacial score (nSPS) is 24.4. The first-order valence-electron chi connectivity index (χ1n) is 11.6. The van der Waals surface area contributed by atoms with E-state index in [-0.39, 0.29) is 11.8 Å². The number of pyridine rings is 1. The van der Waals surface area contributed by atoms with Gasteiger partial charge in [-0.2, -0.15) is 0 Å². The molecule has 1 aliphatic carbocycles. The van der Waals surface area contributed by atoms with E-state index in [1.165, 1.54) is 0 Å². The molecule has 34 heavy (non-hydrogen) atoms. The Morgan fingerprint density at radius 1 is 0.794 bits per heavy atom. The number of rotatable bonds is 3. The monoisotopic (exact) mass is 443 g/mol. The minimum atomic E-state index is -0.734. The second-order valence-corrected chi connectivity index (χ2v) is 9.40. The second kappa shape index (κ2) is 7.49. The standard InChI is InChI=1S/C30H25N3O/c1-29-23-15-9-10-16-24(23)30(2,33-28(34)21-13-7-4-8-14-21)26(22-17-18-31-19-25(22)29)27(32-29)20-11-5-3-6-12-20/h3-19,26H,1-2H3,(H,33,34)/t26?,29-,30-/m0/s1. The summed E-state index contributed by atoms with van der Waals surface area (Å²) in [5.74, 6) is -0.284. The van der Waals surface area contributed by atoms with Gasteiger partial charge in [-0.1, -0.05) is 72.8 Å². The quantitative estimate of drug-likeness (QED) is 0.449. The van der Waals surface area contributed by atoms with E-state index in [9.17, 15) is 4.79 Å². The van der Waals surface area contributed by atoms with Gasteiger partial charge in [-0.3, -0.25) is 14.8 Å². The minimum Gasteiger partial charge on any atom is -0.342 e. The molecule has 2 aliphatic rings. The number of carbonyl (C=O) groups is 1. The van der Waals surface area contributed by atoms with Crippen LogP contribution in [0.15, 0.2) is 108 Å². The molecule has 1 unspecified atom stereocenters. The Kier molecular flexibility index (Phi) is 4.53. The van der Waals surface area contributed by atoms with Gasteiger partial charge in [0.2, 0.25) is 0 Å². The maximum absolute atomic E-state index is 13.6. The van der Waals surface area contributed by atoms with Gasteiger partial charge in [-0.15, -0.1) is 0 Å². The average molecular weight is 444 g/mol. The molecule has 0 saturated heterocycles. The summed E-state index contributed by atoms with van der Waals surface area (Å²) in [5.41, 5.74) is 5.75. The van der Waals surface area contributed by atoms with Gasteiger partial charge in [-0.05, 0) is 54.3 Å². The molecule has 1 aliphatic heterocycles. The second-order valence-electron chi connectivity index (χ2n) is 9.40. The summed E-state index contributed by atoms with van der Waals surface area (Å²) < 4.78 is 0. The maximum atomic E-state index is 13.6. The summed E-state index contributed by atoms with van der Waals surface area (Å²) in [6, 6.07) is 30.2. The van der Waals surface area contributed by atoms with Crippen LogP contribution in [-0.4, -0.2) is 16.6 Å².